The number of benzene rings is 1. The lowest BCUT2D eigenvalue weighted by Crippen LogP contribution is -2.28. The van der Waals surface area contributed by atoms with Gasteiger partial charge in [-0.2, -0.15) is 0 Å². The second-order valence-corrected chi connectivity index (χ2v) is 4.49. The van der Waals surface area contributed by atoms with E-state index in [9.17, 15) is 4.39 Å². The molecule has 0 saturated carbocycles. The van der Waals surface area contributed by atoms with Crippen LogP contribution >= 0.6 is 15.9 Å². The molecule has 1 aromatic rings. The van der Waals surface area contributed by atoms with E-state index >= 15 is 0 Å². The lowest BCUT2D eigenvalue weighted by atomic mass is 10.3. The molecule has 0 atom stereocenters. The summed E-state index contributed by atoms with van der Waals surface area (Å²) in [5.74, 6) is -0.214. The number of rotatable bonds is 6. The number of likely N-dealkylation sites (N-methyl/N-ethyl adjacent to an activating group) is 1. The van der Waals surface area contributed by atoms with Crippen LogP contribution in [0.1, 0.15) is 13.8 Å². The highest BCUT2D eigenvalue weighted by molar-refractivity contribution is 9.10. The number of anilines is 1. The Morgan fingerprint density at radius 1 is 1.31 bits per heavy atom. The molecule has 0 heterocycles. The standard InChI is InChI=1S/C12H18BrFN2/c1-3-16(4-2)8-7-15-12-6-5-10(13)9-11(12)14/h5-6,9,15H,3-4,7-8H2,1-2H3. The molecule has 0 fully saturated rings. The van der Waals surface area contributed by atoms with Gasteiger partial charge in [-0.1, -0.05) is 29.8 Å². The molecule has 0 spiro atoms. The van der Waals surface area contributed by atoms with E-state index in [1.165, 1.54) is 6.07 Å². The first kappa shape index (κ1) is 13.5. The van der Waals surface area contributed by atoms with E-state index in [1.807, 2.05) is 6.07 Å². The quantitative estimate of drug-likeness (QED) is 0.864. The van der Waals surface area contributed by atoms with Gasteiger partial charge in [-0.15, -0.1) is 0 Å². The summed E-state index contributed by atoms with van der Waals surface area (Å²) in [7, 11) is 0. The zero-order chi connectivity index (χ0) is 12.0. The van der Waals surface area contributed by atoms with Gasteiger partial charge in [0, 0.05) is 17.6 Å². The highest BCUT2D eigenvalue weighted by Crippen LogP contribution is 2.18. The molecule has 4 heteroatoms. The summed E-state index contributed by atoms with van der Waals surface area (Å²) in [6.07, 6.45) is 0. The fraction of sp³-hybridized carbons (Fsp3) is 0.500. The molecule has 2 nitrogen and oxygen atoms in total. The maximum absolute atomic E-state index is 13.4. The molecule has 0 aromatic heterocycles. The number of nitrogens with zero attached hydrogens (tertiary/aromatic N) is 1. The van der Waals surface area contributed by atoms with Crippen molar-refractivity contribution in [2.45, 2.75) is 13.8 Å². The lowest BCUT2D eigenvalue weighted by molar-refractivity contribution is 0.316. The van der Waals surface area contributed by atoms with Crippen molar-refractivity contribution in [1.29, 1.82) is 0 Å². The van der Waals surface area contributed by atoms with Gasteiger partial charge in [0.05, 0.1) is 5.69 Å². The van der Waals surface area contributed by atoms with Crippen molar-refractivity contribution in [2.24, 2.45) is 0 Å². The van der Waals surface area contributed by atoms with Crippen LogP contribution < -0.4 is 5.32 Å². The topological polar surface area (TPSA) is 15.3 Å². The van der Waals surface area contributed by atoms with E-state index in [0.717, 1.165) is 30.7 Å². The van der Waals surface area contributed by atoms with Crippen LogP contribution in [0.3, 0.4) is 0 Å². The first-order chi connectivity index (χ1) is 7.67. The van der Waals surface area contributed by atoms with Crippen LogP contribution in [0.5, 0.6) is 0 Å². The first-order valence-electron chi connectivity index (χ1n) is 5.58. The summed E-state index contributed by atoms with van der Waals surface area (Å²) in [6, 6.07) is 5.06. The van der Waals surface area contributed by atoms with Crippen LogP contribution in [-0.2, 0) is 0 Å². The van der Waals surface area contributed by atoms with Gasteiger partial charge in [0.25, 0.3) is 0 Å². The molecule has 1 rings (SSSR count). The number of nitrogens with one attached hydrogen (secondary N) is 1. The van der Waals surface area contributed by atoms with E-state index in [0.29, 0.717) is 5.69 Å². The Morgan fingerprint density at radius 2 is 2.00 bits per heavy atom. The minimum absolute atomic E-state index is 0.214. The molecule has 0 aliphatic heterocycles. The number of halogens is 2. The minimum atomic E-state index is -0.214. The van der Waals surface area contributed by atoms with Gasteiger partial charge in [0.1, 0.15) is 5.82 Å². The van der Waals surface area contributed by atoms with Gasteiger partial charge in [-0.3, -0.25) is 0 Å². The first-order valence-corrected chi connectivity index (χ1v) is 6.38. The normalized spacial score (nSPS) is 10.8. The predicted octanol–water partition coefficient (Wildman–Crippen LogP) is 3.34. The van der Waals surface area contributed by atoms with Gasteiger partial charge < -0.3 is 10.2 Å². The van der Waals surface area contributed by atoms with Crippen LogP contribution in [0.25, 0.3) is 0 Å². The third-order valence-corrected chi connectivity index (χ3v) is 3.06. The van der Waals surface area contributed by atoms with E-state index < -0.39 is 0 Å². The van der Waals surface area contributed by atoms with Crippen molar-refractivity contribution in [2.75, 3.05) is 31.5 Å². The monoisotopic (exact) mass is 288 g/mol. The van der Waals surface area contributed by atoms with E-state index in [1.54, 1.807) is 6.07 Å². The third kappa shape index (κ3) is 4.10. The Morgan fingerprint density at radius 3 is 2.56 bits per heavy atom. The fourth-order valence-corrected chi connectivity index (χ4v) is 1.85. The fourth-order valence-electron chi connectivity index (χ4n) is 1.52. The van der Waals surface area contributed by atoms with Crippen LogP contribution in [0.4, 0.5) is 10.1 Å². The highest BCUT2D eigenvalue weighted by atomic mass is 79.9. The van der Waals surface area contributed by atoms with E-state index in [4.69, 9.17) is 0 Å². The molecular weight excluding hydrogens is 271 g/mol. The zero-order valence-corrected chi connectivity index (χ0v) is 11.3. The van der Waals surface area contributed by atoms with Gasteiger partial charge in [-0.05, 0) is 31.3 Å². The molecule has 0 bridgehead atoms. The summed E-state index contributed by atoms with van der Waals surface area (Å²) >= 11 is 3.23. The third-order valence-electron chi connectivity index (χ3n) is 2.57. The number of hydrogen-bond donors (Lipinski definition) is 1. The van der Waals surface area contributed by atoms with Gasteiger partial charge in [0.2, 0.25) is 0 Å². The van der Waals surface area contributed by atoms with Crippen molar-refractivity contribution in [3.63, 3.8) is 0 Å². The van der Waals surface area contributed by atoms with Crippen molar-refractivity contribution >= 4 is 21.6 Å². The molecule has 90 valence electrons. The Labute approximate surface area is 105 Å². The summed E-state index contributed by atoms with van der Waals surface area (Å²) in [4.78, 5) is 2.30. The summed E-state index contributed by atoms with van der Waals surface area (Å²) < 4.78 is 14.2. The second kappa shape index (κ2) is 6.86. The SMILES string of the molecule is CCN(CC)CCNc1ccc(Br)cc1F. The molecule has 0 saturated heterocycles. The van der Waals surface area contributed by atoms with Crippen LogP contribution in [0.15, 0.2) is 22.7 Å². The molecular formula is C12H18BrFN2. The molecule has 1 aromatic carbocycles. The largest absolute Gasteiger partial charge is 0.381 e. The smallest absolute Gasteiger partial charge is 0.147 e. The molecule has 0 aliphatic carbocycles. The zero-order valence-electron chi connectivity index (χ0n) is 9.76. The van der Waals surface area contributed by atoms with Gasteiger partial charge in [0.15, 0.2) is 0 Å². The van der Waals surface area contributed by atoms with E-state index in [-0.39, 0.29) is 5.82 Å². The average Bonchev–Trinajstić information content (AvgIpc) is 2.27. The second-order valence-electron chi connectivity index (χ2n) is 3.58. The van der Waals surface area contributed by atoms with Crippen molar-refractivity contribution < 1.29 is 4.39 Å². The van der Waals surface area contributed by atoms with Gasteiger partial charge in [-0.25, -0.2) is 4.39 Å². The van der Waals surface area contributed by atoms with Gasteiger partial charge >= 0.3 is 0 Å². The summed E-state index contributed by atoms with van der Waals surface area (Å²) in [6.45, 7) is 8.01. The Kier molecular flexibility index (Phi) is 5.77. The molecule has 0 aliphatic rings. The Balaban J connectivity index is 2.42. The lowest BCUT2D eigenvalue weighted by Gasteiger charge is -2.18. The average molecular weight is 289 g/mol. The predicted molar refractivity (Wildman–Crippen MR) is 70.4 cm³/mol. The minimum Gasteiger partial charge on any atom is -0.381 e. The van der Waals surface area contributed by atoms with E-state index in [2.05, 4.69) is 40.0 Å². The maximum Gasteiger partial charge on any atom is 0.147 e. The van der Waals surface area contributed by atoms with Crippen molar-refractivity contribution in [3.8, 4) is 0 Å². The van der Waals surface area contributed by atoms with Crippen molar-refractivity contribution in [1.82, 2.24) is 4.90 Å². The molecule has 16 heavy (non-hydrogen) atoms. The van der Waals surface area contributed by atoms with Crippen molar-refractivity contribution in [3.05, 3.63) is 28.5 Å². The molecule has 0 radical (unpaired) electrons. The molecule has 0 unspecified atom stereocenters. The van der Waals surface area contributed by atoms with Crippen LogP contribution in [-0.4, -0.2) is 31.1 Å². The maximum atomic E-state index is 13.4. The Bertz CT molecular complexity index is 327. The summed E-state index contributed by atoms with van der Waals surface area (Å²) in [5, 5.41) is 3.10. The highest BCUT2D eigenvalue weighted by Gasteiger charge is 2.03. The molecule has 0 amide bonds. The van der Waals surface area contributed by atoms with Crippen LogP contribution in [0.2, 0.25) is 0 Å². The Hall–Kier alpha value is -0.610. The van der Waals surface area contributed by atoms with Crippen LogP contribution in [0, 0.1) is 5.82 Å². The molecule has 1 N–H and O–H groups in total. The summed E-state index contributed by atoms with van der Waals surface area (Å²) in [5.41, 5.74) is 0.565. The number of hydrogen-bond acceptors (Lipinski definition) is 2.